The van der Waals surface area contributed by atoms with Gasteiger partial charge in [0.1, 0.15) is 0 Å². The van der Waals surface area contributed by atoms with Gasteiger partial charge in [0.25, 0.3) is 0 Å². The lowest BCUT2D eigenvalue weighted by Crippen LogP contribution is -2.50. The van der Waals surface area contributed by atoms with E-state index in [-0.39, 0.29) is 5.96 Å². The molecule has 0 saturated carbocycles. The van der Waals surface area contributed by atoms with Crippen molar-refractivity contribution in [3.63, 3.8) is 0 Å². The highest BCUT2D eigenvalue weighted by Gasteiger charge is 2.17. The molecule has 1 aliphatic rings. The van der Waals surface area contributed by atoms with E-state index in [1.54, 1.807) is 0 Å². The SMILES string of the molecule is N=C(N)N1CCN(Cc2ccccc2Cl)CC1.O=S(=O)(O)O. The molecule has 0 radical (unpaired) electrons. The summed E-state index contributed by atoms with van der Waals surface area (Å²) in [6.07, 6.45) is 0. The average Bonchev–Trinajstić information content (AvgIpc) is 2.40. The van der Waals surface area contributed by atoms with Crippen LogP contribution in [0.4, 0.5) is 0 Å². The van der Waals surface area contributed by atoms with Gasteiger partial charge in [-0.25, -0.2) is 0 Å². The predicted octanol–water partition coefficient (Wildman–Crippen LogP) is 0.698. The van der Waals surface area contributed by atoms with Crippen molar-refractivity contribution >= 4 is 28.0 Å². The molecule has 0 bridgehead atoms. The van der Waals surface area contributed by atoms with E-state index in [4.69, 9.17) is 40.3 Å². The Labute approximate surface area is 134 Å². The van der Waals surface area contributed by atoms with Crippen LogP contribution in [0.1, 0.15) is 5.56 Å². The second kappa shape index (κ2) is 8.30. The number of nitrogens with zero attached hydrogens (tertiary/aromatic N) is 2. The summed E-state index contributed by atoms with van der Waals surface area (Å²) in [5.74, 6) is 0.169. The third-order valence-electron chi connectivity index (χ3n) is 3.06. The monoisotopic (exact) mass is 350 g/mol. The second-order valence-electron chi connectivity index (χ2n) is 4.69. The molecular formula is C12H19ClN4O4S. The molecule has 1 saturated heterocycles. The van der Waals surface area contributed by atoms with Crippen LogP contribution >= 0.6 is 11.6 Å². The number of nitrogens with one attached hydrogen (secondary N) is 1. The molecule has 1 fully saturated rings. The van der Waals surface area contributed by atoms with Crippen molar-refractivity contribution in [2.45, 2.75) is 6.54 Å². The Balaban J connectivity index is 0.000000422. The lowest BCUT2D eigenvalue weighted by molar-refractivity contribution is 0.174. The number of hydrogen-bond acceptors (Lipinski definition) is 4. The van der Waals surface area contributed by atoms with Gasteiger partial charge < -0.3 is 10.6 Å². The van der Waals surface area contributed by atoms with Crippen molar-refractivity contribution < 1.29 is 17.5 Å². The van der Waals surface area contributed by atoms with Gasteiger partial charge in [0, 0.05) is 37.7 Å². The Morgan fingerprint density at radius 3 is 2.18 bits per heavy atom. The van der Waals surface area contributed by atoms with E-state index in [1.165, 1.54) is 0 Å². The quantitative estimate of drug-likeness (QED) is 0.350. The number of hydrogen-bond donors (Lipinski definition) is 4. The highest BCUT2D eigenvalue weighted by atomic mass is 35.5. The fourth-order valence-electron chi connectivity index (χ4n) is 2.01. The van der Waals surface area contributed by atoms with Crippen molar-refractivity contribution in [2.75, 3.05) is 26.2 Å². The first-order valence-corrected chi connectivity index (χ1v) is 8.19. The largest absolute Gasteiger partial charge is 0.394 e. The Morgan fingerprint density at radius 2 is 1.73 bits per heavy atom. The molecule has 10 heteroatoms. The minimum Gasteiger partial charge on any atom is -0.370 e. The molecular weight excluding hydrogens is 332 g/mol. The second-order valence-corrected chi connectivity index (χ2v) is 5.99. The highest BCUT2D eigenvalue weighted by Crippen LogP contribution is 2.17. The molecule has 0 amide bonds. The molecule has 1 aliphatic heterocycles. The van der Waals surface area contributed by atoms with Crippen LogP contribution in [0.25, 0.3) is 0 Å². The number of benzene rings is 1. The molecule has 124 valence electrons. The van der Waals surface area contributed by atoms with Gasteiger partial charge in [-0.2, -0.15) is 8.42 Å². The van der Waals surface area contributed by atoms with Crippen LogP contribution in [0.2, 0.25) is 5.02 Å². The molecule has 2 rings (SSSR count). The van der Waals surface area contributed by atoms with Gasteiger partial charge in [-0.1, -0.05) is 29.8 Å². The van der Waals surface area contributed by atoms with Crippen LogP contribution < -0.4 is 5.73 Å². The van der Waals surface area contributed by atoms with Gasteiger partial charge >= 0.3 is 10.4 Å². The highest BCUT2D eigenvalue weighted by molar-refractivity contribution is 7.79. The normalized spacial score (nSPS) is 15.9. The maximum atomic E-state index is 8.74. The van der Waals surface area contributed by atoms with Crippen molar-refractivity contribution in [1.82, 2.24) is 9.80 Å². The lowest BCUT2D eigenvalue weighted by atomic mass is 10.2. The van der Waals surface area contributed by atoms with E-state index in [2.05, 4.69) is 11.0 Å². The lowest BCUT2D eigenvalue weighted by Gasteiger charge is -2.34. The smallest absolute Gasteiger partial charge is 0.370 e. The molecule has 0 unspecified atom stereocenters. The number of rotatable bonds is 2. The number of guanidine groups is 1. The van der Waals surface area contributed by atoms with E-state index in [1.807, 2.05) is 23.1 Å². The Morgan fingerprint density at radius 1 is 1.23 bits per heavy atom. The Kier molecular flexibility index (Phi) is 7.04. The Hall–Kier alpha value is -1.39. The minimum atomic E-state index is -4.67. The fourth-order valence-corrected chi connectivity index (χ4v) is 2.21. The van der Waals surface area contributed by atoms with Gasteiger partial charge in [0.2, 0.25) is 0 Å². The van der Waals surface area contributed by atoms with E-state index in [0.29, 0.717) is 0 Å². The average molecular weight is 351 g/mol. The third kappa shape index (κ3) is 7.57. The van der Waals surface area contributed by atoms with E-state index < -0.39 is 10.4 Å². The molecule has 0 aromatic heterocycles. The van der Waals surface area contributed by atoms with E-state index >= 15 is 0 Å². The summed E-state index contributed by atoms with van der Waals surface area (Å²) in [6, 6.07) is 7.93. The summed E-state index contributed by atoms with van der Waals surface area (Å²) in [7, 11) is -4.67. The summed E-state index contributed by atoms with van der Waals surface area (Å²) >= 11 is 6.13. The molecule has 5 N–H and O–H groups in total. The minimum absolute atomic E-state index is 0.169. The molecule has 0 aliphatic carbocycles. The van der Waals surface area contributed by atoms with Crippen molar-refractivity contribution in [3.05, 3.63) is 34.9 Å². The van der Waals surface area contributed by atoms with Crippen molar-refractivity contribution in [1.29, 1.82) is 5.41 Å². The van der Waals surface area contributed by atoms with Crippen LogP contribution in [-0.2, 0) is 16.9 Å². The van der Waals surface area contributed by atoms with Crippen molar-refractivity contribution in [2.24, 2.45) is 5.73 Å². The summed E-state index contributed by atoms with van der Waals surface area (Å²) in [5, 5.41) is 8.19. The van der Waals surface area contributed by atoms with E-state index in [9.17, 15) is 0 Å². The fraction of sp³-hybridized carbons (Fsp3) is 0.417. The maximum Gasteiger partial charge on any atom is 0.394 e. The van der Waals surface area contributed by atoms with Gasteiger partial charge in [-0.05, 0) is 11.6 Å². The summed E-state index contributed by atoms with van der Waals surface area (Å²) in [4.78, 5) is 4.23. The third-order valence-corrected chi connectivity index (χ3v) is 3.43. The molecule has 1 aromatic rings. The summed E-state index contributed by atoms with van der Waals surface area (Å²) < 4.78 is 31.6. The van der Waals surface area contributed by atoms with Gasteiger partial charge in [-0.15, -0.1) is 0 Å². The number of nitrogens with two attached hydrogens (primary N) is 1. The van der Waals surface area contributed by atoms with Crippen LogP contribution in [0, 0.1) is 5.41 Å². The Bertz CT molecular complexity index is 595. The van der Waals surface area contributed by atoms with Gasteiger partial charge in [-0.3, -0.25) is 19.4 Å². The van der Waals surface area contributed by atoms with Crippen LogP contribution in [-0.4, -0.2) is 59.5 Å². The standard InChI is InChI=1S/C12H17ClN4.H2O4S/c13-11-4-2-1-3-10(11)9-16-5-7-17(8-6-16)12(14)15;1-5(2,3)4/h1-4H,5-9H2,(H3,14,15);(H2,1,2,3,4). The van der Waals surface area contributed by atoms with Crippen LogP contribution in [0.15, 0.2) is 24.3 Å². The zero-order valence-corrected chi connectivity index (χ0v) is 13.4. The first-order valence-electron chi connectivity index (χ1n) is 6.41. The summed E-state index contributed by atoms with van der Waals surface area (Å²) in [6.45, 7) is 4.35. The molecule has 1 aromatic carbocycles. The first kappa shape index (κ1) is 18.7. The first-order chi connectivity index (χ1) is 10.2. The van der Waals surface area contributed by atoms with Gasteiger partial charge in [0.15, 0.2) is 5.96 Å². The molecule has 0 atom stereocenters. The number of piperazine rings is 1. The van der Waals surface area contributed by atoms with Crippen LogP contribution in [0.3, 0.4) is 0 Å². The zero-order valence-electron chi connectivity index (χ0n) is 11.8. The molecule has 1 heterocycles. The van der Waals surface area contributed by atoms with Gasteiger partial charge in [0.05, 0.1) is 0 Å². The summed E-state index contributed by atoms with van der Waals surface area (Å²) in [5.41, 5.74) is 6.62. The molecule has 8 nitrogen and oxygen atoms in total. The maximum absolute atomic E-state index is 8.74. The van der Waals surface area contributed by atoms with E-state index in [0.717, 1.165) is 43.3 Å². The topological polar surface area (TPSA) is 131 Å². The molecule has 0 spiro atoms. The zero-order chi connectivity index (χ0) is 16.8. The van der Waals surface area contributed by atoms with Crippen molar-refractivity contribution in [3.8, 4) is 0 Å². The van der Waals surface area contributed by atoms with Crippen LogP contribution in [0.5, 0.6) is 0 Å². The number of halogens is 1. The predicted molar refractivity (Wildman–Crippen MR) is 84.4 cm³/mol. The molecule has 22 heavy (non-hydrogen) atoms.